The number of nitrogens with zero attached hydrogens (tertiary/aromatic N) is 2. The largest absolute Gasteiger partial charge is 0.365 e. The van der Waals surface area contributed by atoms with Crippen molar-refractivity contribution in [3.63, 3.8) is 0 Å². The molecule has 1 aliphatic rings. The third kappa shape index (κ3) is 3.13. The van der Waals surface area contributed by atoms with Crippen LogP contribution in [-0.4, -0.2) is 21.6 Å². The summed E-state index contributed by atoms with van der Waals surface area (Å²) in [6.45, 7) is 0.0770. The topological polar surface area (TPSA) is 90.0 Å². The molecule has 0 aliphatic heterocycles. The lowest BCUT2D eigenvalue weighted by molar-refractivity contribution is -0.116. The fourth-order valence-corrected chi connectivity index (χ4v) is 4.61. The molecule has 2 heterocycles. The van der Waals surface area contributed by atoms with Gasteiger partial charge in [0.2, 0.25) is 5.91 Å². The van der Waals surface area contributed by atoms with Crippen LogP contribution in [0.15, 0.2) is 42.7 Å². The molecule has 6 nitrogen and oxygen atoms in total. The molecule has 3 aromatic rings. The Morgan fingerprint density at radius 1 is 1.19 bits per heavy atom. The number of anilines is 1. The van der Waals surface area contributed by atoms with E-state index in [9.17, 15) is 9.59 Å². The number of thiophene rings is 1. The van der Waals surface area contributed by atoms with Crippen LogP contribution < -0.4 is 11.1 Å². The molecular formula is C19H18N4O2S. The molecule has 0 saturated carbocycles. The number of nitrogens with one attached hydrogen (secondary N) is 1. The summed E-state index contributed by atoms with van der Waals surface area (Å²) in [6, 6.07) is 9.86. The predicted octanol–water partition coefficient (Wildman–Crippen LogP) is 2.84. The second-order valence-corrected chi connectivity index (χ2v) is 7.37. The van der Waals surface area contributed by atoms with Gasteiger partial charge in [-0.1, -0.05) is 30.3 Å². The lowest BCUT2D eigenvalue weighted by Gasteiger charge is -2.06. The quantitative estimate of drug-likeness (QED) is 0.727. The number of aryl methyl sites for hydroxylation is 1. The highest BCUT2D eigenvalue weighted by Gasteiger charge is 2.26. The van der Waals surface area contributed by atoms with Gasteiger partial charge < -0.3 is 11.1 Å². The van der Waals surface area contributed by atoms with Crippen LogP contribution in [0, 0.1) is 0 Å². The van der Waals surface area contributed by atoms with Gasteiger partial charge in [-0.15, -0.1) is 11.3 Å². The van der Waals surface area contributed by atoms with Crippen LogP contribution in [0.4, 0.5) is 5.00 Å². The van der Waals surface area contributed by atoms with Crippen molar-refractivity contribution in [3.05, 3.63) is 58.7 Å². The minimum atomic E-state index is -0.481. The van der Waals surface area contributed by atoms with Crippen LogP contribution >= 0.6 is 11.3 Å². The molecule has 1 aromatic carbocycles. The Labute approximate surface area is 154 Å². The summed E-state index contributed by atoms with van der Waals surface area (Å²) in [4.78, 5) is 25.4. The van der Waals surface area contributed by atoms with E-state index < -0.39 is 5.91 Å². The summed E-state index contributed by atoms with van der Waals surface area (Å²) in [5.74, 6) is -0.708. The molecule has 26 heavy (non-hydrogen) atoms. The Balaban J connectivity index is 1.49. The van der Waals surface area contributed by atoms with E-state index in [1.54, 1.807) is 10.9 Å². The maximum Gasteiger partial charge on any atom is 0.251 e. The number of hydrogen-bond acceptors (Lipinski definition) is 4. The Hall–Kier alpha value is -2.93. The van der Waals surface area contributed by atoms with Crippen LogP contribution in [0.3, 0.4) is 0 Å². The fourth-order valence-electron chi connectivity index (χ4n) is 3.30. The third-order valence-corrected chi connectivity index (χ3v) is 5.67. The summed E-state index contributed by atoms with van der Waals surface area (Å²) in [5, 5.41) is 7.64. The Bertz CT molecular complexity index is 975. The van der Waals surface area contributed by atoms with Crippen molar-refractivity contribution in [1.82, 2.24) is 9.78 Å². The molecule has 0 bridgehead atoms. The van der Waals surface area contributed by atoms with E-state index in [2.05, 4.69) is 10.4 Å². The van der Waals surface area contributed by atoms with Crippen LogP contribution in [0.1, 0.15) is 27.2 Å². The average Bonchev–Trinajstić information content (AvgIpc) is 3.31. The molecule has 3 N–H and O–H groups in total. The Morgan fingerprint density at radius 3 is 2.77 bits per heavy atom. The average molecular weight is 366 g/mol. The van der Waals surface area contributed by atoms with Gasteiger partial charge in [0.1, 0.15) is 11.5 Å². The number of primary amides is 1. The summed E-state index contributed by atoms with van der Waals surface area (Å²) in [6.07, 6.45) is 6.38. The van der Waals surface area contributed by atoms with Crippen molar-refractivity contribution >= 4 is 28.2 Å². The van der Waals surface area contributed by atoms with Crippen LogP contribution in [-0.2, 0) is 24.2 Å². The molecule has 4 rings (SSSR count). The Kier molecular flexibility index (Phi) is 4.30. The molecule has 0 saturated heterocycles. The number of benzene rings is 1. The zero-order chi connectivity index (χ0) is 18.1. The van der Waals surface area contributed by atoms with E-state index in [-0.39, 0.29) is 12.5 Å². The maximum absolute atomic E-state index is 12.4. The zero-order valence-electron chi connectivity index (χ0n) is 14.1. The molecule has 132 valence electrons. The standard InChI is InChI=1S/C19H18N4O2S/c20-18(25)17-14-7-4-8-15(14)26-19(17)22-16(24)11-23-10-13(9-21-23)12-5-2-1-3-6-12/h1-3,5-6,9-10H,4,7-8,11H2,(H2,20,25)(H,22,24). The molecule has 0 spiro atoms. The third-order valence-electron chi connectivity index (χ3n) is 4.47. The highest BCUT2D eigenvalue weighted by molar-refractivity contribution is 7.17. The molecule has 7 heteroatoms. The lowest BCUT2D eigenvalue weighted by atomic mass is 10.1. The first-order valence-electron chi connectivity index (χ1n) is 8.44. The molecule has 0 unspecified atom stereocenters. The van der Waals surface area contributed by atoms with Gasteiger partial charge in [-0.25, -0.2) is 0 Å². The van der Waals surface area contributed by atoms with Crippen molar-refractivity contribution in [2.24, 2.45) is 5.73 Å². The number of carbonyl (C=O) groups is 2. The highest BCUT2D eigenvalue weighted by Crippen LogP contribution is 2.38. The number of fused-ring (bicyclic) bond motifs is 1. The van der Waals surface area contributed by atoms with Crippen molar-refractivity contribution in [2.75, 3.05) is 5.32 Å². The van der Waals surface area contributed by atoms with Crippen molar-refractivity contribution in [2.45, 2.75) is 25.8 Å². The van der Waals surface area contributed by atoms with Gasteiger partial charge in [0.25, 0.3) is 5.91 Å². The van der Waals surface area contributed by atoms with Gasteiger partial charge in [-0.05, 0) is 30.4 Å². The van der Waals surface area contributed by atoms with Gasteiger partial charge in [-0.3, -0.25) is 14.3 Å². The second-order valence-electron chi connectivity index (χ2n) is 6.27. The van der Waals surface area contributed by atoms with Crippen LogP contribution in [0.5, 0.6) is 0 Å². The van der Waals surface area contributed by atoms with Gasteiger partial charge in [-0.2, -0.15) is 5.10 Å². The monoisotopic (exact) mass is 366 g/mol. The van der Waals surface area contributed by atoms with Gasteiger partial charge in [0, 0.05) is 16.6 Å². The van der Waals surface area contributed by atoms with E-state index >= 15 is 0 Å². The molecule has 0 radical (unpaired) electrons. The normalized spacial score (nSPS) is 12.8. The predicted molar refractivity (Wildman–Crippen MR) is 101 cm³/mol. The van der Waals surface area contributed by atoms with Crippen LogP contribution in [0.2, 0.25) is 0 Å². The van der Waals surface area contributed by atoms with Gasteiger partial charge in [0.05, 0.1) is 11.8 Å². The summed E-state index contributed by atoms with van der Waals surface area (Å²) >= 11 is 1.46. The SMILES string of the molecule is NC(=O)c1c(NC(=O)Cn2cc(-c3ccccc3)cn2)sc2c1CCC2. The second kappa shape index (κ2) is 6.76. The summed E-state index contributed by atoms with van der Waals surface area (Å²) in [7, 11) is 0. The molecular weight excluding hydrogens is 348 g/mol. The van der Waals surface area contributed by atoms with Gasteiger partial charge in [0.15, 0.2) is 0 Å². The van der Waals surface area contributed by atoms with E-state index in [1.807, 2.05) is 36.5 Å². The number of aromatic nitrogens is 2. The number of amides is 2. The lowest BCUT2D eigenvalue weighted by Crippen LogP contribution is -2.21. The summed E-state index contributed by atoms with van der Waals surface area (Å²) in [5.41, 5.74) is 9.00. The minimum absolute atomic E-state index is 0.0770. The molecule has 2 aromatic heterocycles. The van der Waals surface area contributed by atoms with Crippen molar-refractivity contribution in [1.29, 1.82) is 0 Å². The molecule has 0 atom stereocenters. The fraction of sp³-hybridized carbons (Fsp3) is 0.211. The molecule has 1 aliphatic carbocycles. The minimum Gasteiger partial charge on any atom is -0.365 e. The molecule has 0 fully saturated rings. The highest BCUT2D eigenvalue weighted by atomic mass is 32.1. The number of hydrogen-bond donors (Lipinski definition) is 2. The number of rotatable bonds is 5. The first kappa shape index (κ1) is 16.5. The number of carbonyl (C=O) groups excluding carboxylic acids is 2. The van der Waals surface area contributed by atoms with E-state index in [0.717, 1.165) is 40.8 Å². The molecule has 2 amide bonds. The first-order chi connectivity index (χ1) is 12.6. The number of nitrogens with two attached hydrogens (primary N) is 1. The van der Waals surface area contributed by atoms with Gasteiger partial charge >= 0.3 is 0 Å². The van der Waals surface area contributed by atoms with Crippen molar-refractivity contribution in [3.8, 4) is 11.1 Å². The van der Waals surface area contributed by atoms with E-state index in [1.165, 1.54) is 11.3 Å². The summed E-state index contributed by atoms with van der Waals surface area (Å²) < 4.78 is 1.59. The van der Waals surface area contributed by atoms with Crippen LogP contribution in [0.25, 0.3) is 11.1 Å². The first-order valence-corrected chi connectivity index (χ1v) is 9.25. The van der Waals surface area contributed by atoms with E-state index in [0.29, 0.717) is 10.6 Å². The Morgan fingerprint density at radius 2 is 2.00 bits per heavy atom. The maximum atomic E-state index is 12.4. The zero-order valence-corrected chi connectivity index (χ0v) is 14.9. The van der Waals surface area contributed by atoms with E-state index in [4.69, 9.17) is 5.73 Å². The van der Waals surface area contributed by atoms with Crippen molar-refractivity contribution < 1.29 is 9.59 Å². The smallest absolute Gasteiger partial charge is 0.251 e.